The van der Waals surface area contributed by atoms with Gasteiger partial charge >= 0.3 is 6.09 Å². The Bertz CT molecular complexity index is 539. The maximum atomic E-state index is 11.0. The number of carbonyl (C=O) groups excluding carboxylic acids is 1. The Morgan fingerprint density at radius 3 is 2.74 bits per heavy atom. The normalized spacial score (nSPS) is 11.9. The first-order valence-electron chi connectivity index (χ1n) is 5.84. The predicted octanol–water partition coefficient (Wildman–Crippen LogP) is 2.69. The summed E-state index contributed by atoms with van der Waals surface area (Å²) >= 11 is 1.47. The van der Waals surface area contributed by atoms with Crippen LogP contribution < -0.4 is 5.32 Å². The first kappa shape index (κ1) is 13.6. The van der Waals surface area contributed by atoms with Crippen molar-refractivity contribution in [2.24, 2.45) is 0 Å². The molecule has 0 saturated carbocycles. The van der Waals surface area contributed by atoms with E-state index in [1.165, 1.54) is 18.4 Å². The Hall–Kier alpha value is -1.85. The number of amides is 1. The zero-order chi connectivity index (χ0) is 13.7. The number of ether oxygens (including phenoxy) is 1. The third-order valence-electron chi connectivity index (χ3n) is 2.66. The second-order valence-electron chi connectivity index (χ2n) is 3.96. The number of alkyl carbamates (subject to hydrolysis) is 1. The fourth-order valence-corrected chi connectivity index (χ4v) is 2.63. The van der Waals surface area contributed by atoms with Crippen LogP contribution in [0.25, 0.3) is 0 Å². The van der Waals surface area contributed by atoms with Crippen LogP contribution in [0.2, 0.25) is 0 Å². The molecule has 0 fully saturated rings. The molecule has 0 bridgehead atoms. The van der Waals surface area contributed by atoms with E-state index in [2.05, 4.69) is 10.1 Å². The van der Waals surface area contributed by atoms with Crippen molar-refractivity contribution in [3.63, 3.8) is 0 Å². The van der Waals surface area contributed by atoms with Gasteiger partial charge in [-0.3, -0.25) is 0 Å². The maximum absolute atomic E-state index is 11.0. The van der Waals surface area contributed by atoms with E-state index in [1.54, 1.807) is 0 Å². The summed E-state index contributed by atoms with van der Waals surface area (Å²) in [6, 6.07) is 13.2. The summed E-state index contributed by atoms with van der Waals surface area (Å²) in [7, 11) is 1.33. The lowest BCUT2D eigenvalue weighted by Gasteiger charge is -2.08. The van der Waals surface area contributed by atoms with E-state index in [0.717, 1.165) is 15.3 Å². The molecule has 4 nitrogen and oxygen atoms in total. The highest BCUT2D eigenvalue weighted by molar-refractivity contribution is 7.12. The minimum Gasteiger partial charge on any atom is -0.453 e. The summed E-state index contributed by atoms with van der Waals surface area (Å²) in [4.78, 5) is 12.8. The number of aliphatic hydroxyl groups is 1. The molecule has 0 spiro atoms. The Balaban J connectivity index is 2.02. The minimum atomic E-state index is -0.627. The Morgan fingerprint density at radius 2 is 2.05 bits per heavy atom. The van der Waals surface area contributed by atoms with Gasteiger partial charge in [0.25, 0.3) is 0 Å². The van der Waals surface area contributed by atoms with Gasteiger partial charge in [0.1, 0.15) is 6.10 Å². The summed E-state index contributed by atoms with van der Waals surface area (Å²) in [5, 5.41) is 12.8. The predicted molar refractivity (Wildman–Crippen MR) is 74.1 cm³/mol. The molecule has 2 rings (SSSR count). The zero-order valence-corrected chi connectivity index (χ0v) is 11.3. The molecule has 0 aliphatic heterocycles. The fourth-order valence-electron chi connectivity index (χ4n) is 1.67. The van der Waals surface area contributed by atoms with E-state index in [1.807, 2.05) is 42.5 Å². The number of carbonyl (C=O) groups is 1. The van der Waals surface area contributed by atoms with Crippen molar-refractivity contribution in [1.82, 2.24) is 5.32 Å². The van der Waals surface area contributed by atoms with Crippen LogP contribution in [0.15, 0.2) is 42.5 Å². The number of thiophene rings is 1. The summed E-state index contributed by atoms with van der Waals surface area (Å²) in [6.07, 6.45) is -1.09. The van der Waals surface area contributed by atoms with Gasteiger partial charge in [-0.15, -0.1) is 11.3 Å². The van der Waals surface area contributed by atoms with Crippen molar-refractivity contribution in [2.45, 2.75) is 12.6 Å². The third-order valence-corrected chi connectivity index (χ3v) is 3.80. The van der Waals surface area contributed by atoms with Gasteiger partial charge in [0.05, 0.1) is 13.7 Å². The summed E-state index contributed by atoms with van der Waals surface area (Å²) in [5.74, 6) is 0. The second-order valence-corrected chi connectivity index (χ2v) is 5.16. The Morgan fingerprint density at radius 1 is 1.32 bits per heavy atom. The lowest BCUT2D eigenvalue weighted by Crippen LogP contribution is -2.21. The highest BCUT2D eigenvalue weighted by atomic mass is 32.1. The van der Waals surface area contributed by atoms with Crippen molar-refractivity contribution in [2.75, 3.05) is 7.11 Å². The smallest absolute Gasteiger partial charge is 0.407 e. The van der Waals surface area contributed by atoms with Gasteiger partial charge in [0.15, 0.2) is 0 Å². The largest absolute Gasteiger partial charge is 0.453 e. The summed E-state index contributed by atoms with van der Waals surface area (Å²) < 4.78 is 4.50. The molecule has 1 amide bonds. The van der Waals surface area contributed by atoms with Crippen LogP contribution in [0.3, 0.4) is 0 Å². The first-order valence-corrected chi connectivity index (χ1v) is 6.66. The number of aliphatic hydroxyl groups excluding tert-OH is 1. The van der Waals surface area contributed by atoms with E-state index < -0.39 is 12.2 Å². The van der Waals surface area contributed by atoms with Crippen LogP contribution in [0.5, 0.6) is 0 Å². The molecule has 0 aliphatic rings. The van der Waals surface area contributed by atoms with Crippen LogP contribution in [0.1, 0.15) is 21.4 Å². The van der Waals surface area contributed by atoms with E-state index in [-0.39, 0.29) is 0 Å². The average Bonchev–Trinajstić information content (AvgIpc) is 2.93. The molecule has 2 aromatic rings. The first-order chi connectivity index (χ1) is 9.20. The molecule has 0 saturated heterocycles. The van der Waals surface area contributed by atoms with Gasteiger partial charge in [-0.2, -0.15) is 0 Å². The molecule has 0 radical (unpaired) electrons. The monoisotopic (exact) mass is 277 g/mol. The molecule has 100 valence electrons. The van der Waals surface area contributed by atoms with Crippen LogP contribution in [0, 0.1) is 0 Å². The van der Waals surface area contributed by atoms with Gasteiger partial charge < -0.3 is 15.2 Å². The quantitative estimate of drug-likeness (QED) is 0.903. The Kier molecular flexibility index (Phi) is 4.54. The van der Waals surface area contributed by atoms with Crippen LogP contribution in [-0.2, 0) is 11.3 Å². The molecule has 0 aliphatic carbocycles. The highest BCUT2D eigenvalue weighted by Crippen LogP contribution is 2.28. The van der Waals surface area contributed by atoms with E-state index in [0.29, 0.717) is 6.54 Å². The number of rotatable bonds is 4. The van der Waals surface area contributed by atoms with Crippen LogP contribution in [0.4, 0.5) is 4.79 Å². The van der Waals surface area contributed by atoms with Crippen molar-refractivity contribution < 1.29 is 14.6 Å². The minimum absolute atomic E-state index is 0.402. The number of hydrogen-bond donors (Lipinski definition) is 2. The molecule has 2 N–H and O–H groups in total. The number of methoxy groups -OCH3 is 1. The number of nitrogens with one attached hydrogen (secondary N) is 1. The van der Waals surface area contributed by atoms with Crippen molar-refractivity contribution in [3.8, 4) is 0 Å². The van der Waals surface area contributed by atoms with E-state index in [4.69, 9.17) is 0 Å². The molecule has 19 heavy (non-hydrogen) atoms. The summed E-state index contributed by atoms with van der Waals surface area (Å²) in [6.45, 7) is 0.402. The lowest BCUT2D eigenvalue weighted by molar-refractivity contribution is 0.170. The van der Waals surface area contributed by atoms with Crippen molar-refractivity contribution in [1.29, 1.82) is 0 Å². The van der Waals surface area contributed by atoms with Crippen LogP contribution in [-0.4, -0.2) is 18.3 Å². The number of benzene rings is 1. The van der Waals surface area contributed by atoms with E-state index >= 15 is 0 Å². The van der Waals surface area contributed by atoms with Crippen molar-refractivity contribution >= 4 is 17.4 Å². The molecule has 1 atom stereocenters. The molecule has 1 heterocycles. The highest BCUT2D eigenvalue weighted by Gasteiger charge is 2.12. The lowest BCUT2D eigenvalue weighted by atomic mass is 10.1. The summed E-state index contributed by atoms with van der Waals surface area (Å²) in [5.41, 5.74) is 0.858. The Labute approximate surface area is 115 Å². The SMILES string of the molecule is COC(=O)NCc1ccc(C(O)c2ccccc2)s1. The van der Waals surface area contributed by atoms with Crippen LogP contribution >= 0.6 is 11.3 Å². The van der Waals surface area contributed by atoms with Gasteiger partial charge in [-0.25, -0.2) is 4.79 Å². The second kappa shape index (κ2) is 6.36. The zero-order valence-electron chi connectivity index (χ0n) is 10.5. The standard InChI is InChI=1S/C14H15NO3S/c1-18-14(17)15-9-11-7-8-12(19-11)13(16)10-5-3-2-4-6-10/h2-8,13,16H,9H2,1H3,(H,15,17). The maximum Gasteiger partial charge on any atom is 0.407 e. The van der Waals surface area contributed by atoms with Gasteiger partial charge in [0.2, 0.25) is 0 Å². The van der Waals surface area contributed by atoms with Crippen molar-refractivity contribution in [3.05, 3.63) is 57.8 Å². The fraction of sp³-hybridized carbons (Fsp3) is 0.214. The van der Waals surface area contributed by atoms with E-state index in [9.17, 15) is 9.90 Å². The topological polar surface area (TPSA) is 58.6 Å². The molecular weight excluding hydrogens is 262 g/mol. The third kappa shape index (κ3) is 3.56. The number of hydrogen-bond acceptors (Lipinski definition) is 4. The molecule has 1 aromatic carbocycles. The van der Waals surface area contributed by atoms with Gasteiger partial charge in [0, 0.05) is 9.75 Å². The molecular formula is C14H15NO3S. The van der Waals surface area contributed by atoms with Gasteiger partial charge in [-0.1, -0.05) is 30.3 Å². The van der Waals surface area contributed by atoms with Gasteiger partial charge in [-0.05, 0) is 17.7 Å². The molecule has 1 aromatic heterocycles. The molecule has 5 heteroatoms. The molecule has 1 unspecified atom stereocenters. The average molecular weight is 277 g/mol.